The lowest BCUT2D eigenvalue weighted by molar-refractivity contribution is -0.386. The lowest BCUT2D eigenvalue weighted by atomic mass is 10.0. The molecule has 0 radical (unpaired) electrons. The van der Waals surface area contributed by atoms with Gasteiger partial charge in [-0.05, 0) is 59.4 Å². The molecule has 0 saturated heterocycles. The molecule has 1 rings (SSSR count). The summed E-state index contributed by atoms with van der Waals surface area (Å²) in [6, 6.07) is 1.75. The van der Waals surface area contributed by atoms with E-state index >= 15 is 0 Å². The van der Waals surface area contributed by atoms with Crippen molar-refractivity contribution < 1.29 is 9.66 Å². The highest BCUT2D eigenvalue weighted by molar-refractivity contribution is 5.56. The number of allylic oxidation sites excluding steroid dienone is 5. The van der Waals surface area contributed by atoms with Crippen LogP contribution < -0.4 is 4.74 Å². The first-order valence-corrected chi connectivity index (χ1v) is 8.78. The summed E-state index contributed by atoms with van der Waals surface area (Å²) in [5.41, 5.74) is 2.32. The van der Waals surface area contributed by atoms with Gasteiger partial charge in [-0.2, -0.15) is 0 Å². The Bertz CT molecular complexity index is 658. The molecule has 1 aromatic rings. The first-order valence-electron chi connectivity index (χ1n) is 8.78. The van der Waals surface area contributed by atoms with Gasteiger partial charge in [0.2, 0.25) is 0 Å². The lowest BCUT2D eigenvalue weighted by Crippen LogP contribution is -2.02. The highest BCUT2D eigenvalue weighted by atomic mass is 16.6. The summed E-state index contributed by atoms with van der Waals surface area (Å²) in [6.45, 7) is 7.89. The summed E-state index contributed by atoms with van der Waals surface area (Å²) >= 11 is 0. The third-order valence-electron chi connectivity index (χ3n) is 4.10. The smallest absolute Gasteiger partial charge is 0.275 e. The number of unbranched alkanes of at least 4 members (excludes halogenated alkanes) is 2. The van der Waals surface area contributed by atoms with Gasteiger partial charge in [-0.15, -0.1) is 0 Å². The molecule has 0 aliphatic heterocycles. The third kappa shape index (κ3) is 6.96. The maximum atomic E-state index is 11.1. The van der Waals surface area contributed by atoms with E-state index in [1.807, 2.05) is 19.9 Å². The van der Waals surface area contributed by atoms with E-state index in [1.165, 1.54) is 0 Å². The molecule has 0 atom stereocenters. The highest BCUT2D eigenvalue weighted by Crippen LogP contribution is 2.32. The number of benzene rings is 1. The van der Waals surface area contributed by atoms with E-state index in [-0.39, 0.29) is 10.6 Å². The number of aryl methyl sites for hydroxylation is 1. The fourth-order valence-corrected chi connectivity index (χ4v) is 2.57. The molecule has 0 bridgehead atoms. The van der Waals surface area contributed by atoms with Gasteiger partial charge in [-0.1, -0.05) is 36.5 Å². The Kier molecular flexibility index (Phi) is 9.30. The summed E-state index contributed by atoms with van der Waals surface area (Å²) in [6.07, 6.45) is 17.0. The van der Waals surface area contributed by atoms with Gasteiger partial charge in [0.1, 0.15) is 12.4 Å². The van der Waals surface area contributed by atoms with E-state index in [9.17, 15) is 10.1 Å². The molecule has 0 aliphatic carbocycles. The number of rotatable bonds is 10. The van der Waals surface area contributed by atoms with Crippen molar-refractivity contribution in [3.8, 4) is 5.75 Å². The van der Waals surface area contributed by atoms with Crippen LogP contribution in [-0.4, -0.2) is 11.5 Å². The largest absolute Gasteiger partial charge is 0.489 e. The second-order valence-corrected chi connectivity index (χ2v) is 6.02. The molecular weight excluding hydrogens is 314 g/mol. The SMILES string of the molecule is CC=CCCC=CCCC=CCOc1cc(C)c([N+](=O)[O-])c(C)c1C. The number of ether oxygens (including phenoxy) is 1. The van der Waals surface area contributed by atoms with Crippen LogP contribution in [0, 0.1) is 30.9 Å². The Balaban J connectivity index is 2.43. The predicted molar refractivity (Wildman–Crippen MR) is 104 cm³/mol. The second kappa shape index (κ2) is 11.2. The Morgan fingerprint density at radius 1 is 0.960 bits per heavy atom. The van der Waals surface area contributed by atoms with Crippen molar-refractivity contribution >= 4 is 5.69 Å². The molecule has 4 nitrogen and oxygen atoms in total. The number of nitro groups is 1. The van der Waals surface area contributed by atoms with Crippen molar-refractivity contribution in [1.29, 1.82) is 0 Å². The number of nitrogens with zero attached hydrogens (tertiary/aromatic N) is 1. The molecule has 25 heavy (non-hydrogen) atoms. The minimum Gasteiger partial charge on any atom is -0.489 e. The molecule has 0 N–H and O–H groups in total. The van der Waals surface area contributed by atoms with Crippen LogP contribution in [-0.2, 0) is 0 Å². The Morgan fingerprint density at radius 3 is 2.08 bits per heavy atom. The predicted octanol–water partition coefficient (Wildman–Crippen LogP) is 6.15. The number of nitro benzene ring substituents is 1. The first-order chi connectivity index (χ1) is 12.0. The summed E-state index contributed by atoms with van der Waals surface area (Å²) in [4.78, 5) is 10.8. The van der Waals surface area contributed by atoms with Crippen LogP contribution in [0.5, 0.6) is 5.75 Å². The minimum atomic E-state index is -0.326. The molecule has 0 fully saturated rings. The van der Waals surface area contributed by atoms with Crippen molar-refractivity contribution in [2.75, 3.05) is 6.61 Å². The molecule has 0 amide bonds. The standard InChI is InChI=1S/C21H29NO3/c1-5-6-7-8-9-10-11-12-13-14-15-25-20-16-17(2)21(22(23)24)19(4)18(20)3/h5-6,9-10,13-14,16H,7-8,11-12,15H2,1-4H3. The molecule has 136 valence electrons. The first kappa shape index (κ1) is 20.7. The van der Waals surface area contributed by atoms with E-state index in [2.05, 4.69) is 30.4 Å². The zero-order valence-electron chi connectivity index (χ0n) is 15.7. The van der Waals surface area contributed by atoms with Crippen molar-refractivity contribution in [3.05, 3.63) is 69.3 Å². The molecule has 0 aliphatic rings. The van der Waals surface area contributed by atoms with E-state index in [1.54, 1.807) is 19.9 Å². The molecule has 4 heteroatoms. The van der Waals surface area contributed by atoms with Gasteiger partial charge < -0.3 is 4.74 Å². The number of hydrogen-bond donors (Lipinski definition) is 0. The van der Waals surface area contributed by atoms with E-state index in [4.69, 9.17) is 4.74 Å². The normalized spacial score (nSPS) is 11.8. The topological polar surface area (TPSA) is 52.4 Å². The Labute approximate surface area is 151 Å². The molecular formula is C21H29NO3. The van der Waals surface area contributed by atoms with Gasteiger partial charge >= 0.3 is 0 Å². The van der Waals surface area contributed by atoms with Crippen LogP contribution in [0.15, 0.2) is 42.5 Å². The summed E-state index contributed by atoms with van der Waals surface area (Å²) < 4.78 is 5.77. The molecule has 0 saturated carbocycles. The molecule has 0 aromatic heterocycles. The fraction of sp³-hybridized carbons (Fsp3) is 0.429. The molecule has 0 spiro atoms. The summed E-state index contributed by atoms with van der Waals surface area (Å²) in [5, 5.41) is 11.1. The highest BCUT2D eigenvalue weighted by Gasteiger charge is 2.19. The van der Waals surface area contributed by atoms with Crippen LogP contribution in [0.1, 0.15) is 49.3 Å². The van der Waals surface area contributed by atoms with Crippen molar-refractivity contribution in [2.45, 2.75) is 53.4 Å². The quantitative estimate of drug-likeness (QED) is 0.222. The molecule has 0 heterocycles. The third-order valence-corrected chi connectivity index (χ3v) is 4.10. The van der Waals surface area contributed by atoms with Crippen LogP contribution >= 0.6 is 0 Å². The summed E-state index contributed by atoms with van der Waals surface area (Å²) in [5.74, 6) is 0.717. The zero-order chi connectivity index (χ0) is 18.7. The van der Waals surface area contributed by atoms with Crippen LogP contribution in [0.2, 0.25) is 0 Å². The minimum absolute atomic E-state index is 0.182. The van der Waals surface area contributed by atoms with E-state index < -0.39 is 0 Å². The van der Waals surface area contributed by atoms with Gasteiger partial charge in [0.25, 0.3) is 5.69 Å². The monoisotopic (exact) mass is 343 g/mol. The van der Waals surface area contributed by atoms with Crippen molar-refractivity contribution in [3.63, 3.8) is 0 Å². The average Bonchev–Trinajstić information content (AvgIpc) is 2.56. The molecule has 0 unspecified atom stereocenters. The van der Waals surface area contributed by atoms with Crippen molar-refractivity contribution in [1.82, 2.24) is 0 Å². The fourth-order valence-electron chi connectivity index (χ4n) is 2.57. The van der Waals surface area contributed by atoms with Gasteiger partial charge in [0.15, 0.2) is 0 Å². The van der Waals surface area contributed by atoms with Gasteiger partial charge in [-0.25, -0.2) is 0 Å². The Morgan fingerprint density at radius 2 is 1.52 bits per heavy atom. The van der Waals surface area contributed by atoms with E-state index in [0.717, 1.165) is 31.2 Å². The number of hydrogen-bond acceptors (Lipinski definition) is 3. The average molecular weight is 343 g/mol. The van der Waals surface area contributed by atoms with E-state index in [0.29, 0.717) is 23.5 Å². The molecule has 1 aromatic carbocycles. The van der Waals surface area contributed by atoms with Gasteiger partial charge in [-0.3, -0.25) is 10.1 Å². The maximum absolute atomic E-state index is 11.1. The van der Waals surface area contributed by atoms with Crippen LogP contribution in [0.4, 0.5) is 5.69 Å². The maximum Gasteiger partial charge on any atom is 0.275 e. The van der Waals surface area contributed by atoms with Gasteiger partial charge in [0, 0.05) is 16.7 Å². The lowest BCUT2D eigenvalue weighted by Gasteiger charge is -2.11. The Hall–Kier alpha value is -2.36. The van der Waals surface area contributed by atoms with Crippen LogP contribution in [0.3, 0.4) is 0 Å². The van der Waals surface area contributed by atoms with Gasteiger partial charge in [0.05, 0.1) is 4.92 Å². The van der Waals surface area contributed by atoms with Crippen LogP contribution in [0.25, 0.3) is 0 Å². The summed E-state index contributed by atoms with van der Waals surface area (Å²) in [7, 11) is 0. The zero-order valence-corrected chi connectivity index (χ0v) is 15.7. The van der Waals surface area contributed by atoms with Crippen molar-refractivity contribution in [2.24, 2.45) is 0 Å². The second-order valence-electron chi connectivity index (χ2n) is 6.02.